The number of aryl methyl sites for hydroxylation is 1. The second-order valence-corrected chi connectivity index (χ2v) is 7.54. The topological polar surface area (TPSA) is 66.7 Å². The first-order valence-electron chi connectivity index (χ1n) is 9.80. The van der Waals surface area contributed by atoms with Gasteiger partial charge in [0.15, 0.2) is 0 Å². The molecule has 0 aliphatic carbocycles. The van der Waals surface area contributed by atoms with Crippen LogP contribution in [0.4, 0.5) is 11.4 Å². The van der Waals surface area contributed by atoms with Crippen LogP contribution in [0.1, 0.15) is 37.3 Å². The number of non-ortho nitro benzene ring substituents is 1. The van der Waals surface area contributed by atoms with Crippen LogP contribution in [-0.4, -0.2) is 41.9 Å². The lowest BCUT2D eigenvalue weighted by Gasteiger charge is -2.36. The molecule has 0 N–H and O–H groups in total. The summed E-state index contributed by atoms with van der Waals surface area (Å²) in [6, 6.07) is 15.2. The lowest BCUT2D eigenvalue weighted by atomic mass is 10.00. The van der Waals surface area contributed by atoms with Gasteiger partial charge in [-0.15, -0.1) is 0 Å². The van der Waals surface area contributed by atoms with Crippen molar-refractivity contribution in [1.29, 1.82) is 0 Å². The van der Waals surface area contributed by atoms with E-state index in [-0.39, 0.29) is 16.5 Å². The maximum atomic E-state index is 12.6. The Morgan fingerprint density at radius 3 is 2.36 bits per heavy atom. The van der Waals surface area contributed by atoms with Crippen molar-refractivity contribution in [3.8, 4) is 0 Å². The standard InChI is InChI=1S/C22H27N3O3/c1-17(2)19-9-6-18(7-10-19)8-11-22(26)24-14-12-23(13-15-24)20-4-3-5-21(16-20)25(27)28/h3-7,9-10,16-17H,8,11-15H2,1-2H3. The van der Waals surface area contributed by atoms with Crippen LogP contribution in [-0.2, 0) is 11.2 Å². The Morgan fingerprint density at radius 2 is 1.75 bits per heavy atom. The number of piperazine rings is 1. The highest BCUT2D eigenvalue weighted by Gasteiger charge is 2.22. The molecular weight excluding hydrogens is 354 g/mol. The normalized spacial score (nSPS) is 14.4. The van der Waals surface area contributed by atoms with E-state index in [1.165, 1.54) is 17.2 Å². The van der Waals surface area contributed by atoms with E-state index in [0.29, 0.717) is 38.5 Å². The molecule has 0 radical (unpaired) electrons. The molecule has 0 spiro atoms. The molecule has 0 saturated carbocycles. The van der Waals surface area contributed by atoms with Crippen molar-refractivity contribution in [2.24, 2.45) is 0 Å². The molecule has 0 bridgehead atoms. The van der Waals surface area contributed by atoms with E-state index in [4.69, 9.17) is 0 Å². The van der Waals surface area contributed by atoms with Gasteiger partial charge in [0.25, 0.3) is 5.69 Å². The van der Waals surface area contributed by atoms with Crippen LogP contribution >= 0.6 is 0 Å². The Hall–Kier alpha value is -2.89. The number of carbonyl (C=O) groups excluding carboxylic acids is 1. The largest absolute Gasteiger partial charge is 0.368 e. The molecule has 3 rings (SSSR count). The van der Waals surface area contributed by atoms with Gasteiger partial charge in [0, 0.05) is 50.4 Å². The van der Waals surface area contributed by atoms with Crippen molar-refractivity contribution in [3.63, 3.8) is 0 Å². The summed E-state index contributed by atoms with van der Waals surface area (Å²) in [5.74, 6) is 0.685. The Morgan fingerprint density at radius 1 is 1.07 bits per heavy atom. The molecule has 0 atom stereocenters. The first kappa shape index (κ1) is 19.9. The molecule has 1 fully saturated rings. The monoisotopic (exact) mass is 381 g/mol. The minimum Gasteiger partial charge on any atom is -0.368 e. The molecule has 2 aromatic carbocycles. The van der Waals surface area contributed by atoms with Gasteiger partial charge >= 0.3 is 0 Å². The molecule has 6 heteroatoms. The lowest BCUT2D eigenvalue weighted by Crippen LogP contribution is -2.48. The van der Waals surface area contributed by atoms with Gasteiger partial charge in [-0.05, 0) is 29.5 Å². The molecular formula is C22H27N3O3. The Labute approximate surface area is 165 Å². The summed E-state index contributed by atoms with van der Waals surface area (Å²) in [5.41, 5.74) is 3.44. The van der Waals surface area contributed by atoms with Crippen LogP contribution in [0.25, 0.3) is 0 Å². The Kier molecular flexibility index (Phi) is 6.29. The van der Waals surface area contributed by atoms with E-state index in [1.807, 2.05) is 11.0 Å². The summed E-state index contributed by atoms with van der Waals surface area (Å²) < 4.78 is 0. The first-order chi connectivity index (χ1) is 13.4. The molecule has 2 aromatic rings. The number of nitro benzene ring substituents is 1. The molecule has 1 heterocycles. The van der Waals surface area contributed by atoms with Crippen LogP contribution in [0.2, 0.25) is 0 Å². The van der Waals surface area contributed by atoms with Crippen molar-refractivity contribution in [2.75, 3.05) is 31.1 Å². The molecule has 28 heavy (non-hydrogen) atoms. The van der Waals surface area contributed by atoms with Gasteiger partial charge in [0.05, 0.1) is 4.92 Å². The highest BCUT2D eigenvalue weighted by atomic mass is 16.6. The average molecular weight is 381 g/mol. The smallest absolute Gasteiger partial charge is 0.271 e. The second-order valence-electron chi connectivity index (χ2n) is 7.54. The lowest BCUT2D eigenvalue weighted by molar-refractivity contribution is -0.384. The van der Waals surface area contributed by atoms with Gasteiger partial charge < -0.3 is 9.80 Å². The Balaban J connectivity index is 1.49. The van der Waals surface area contributed by atoms with E-state index in [2.05, 4.69) is 43.0 Å². The Bertz CT molecular complexity index is 825. The van der Waals surface area contributed by atoms with E-state index < -0.39 is 0 Å². The van der Waals surface area contributed by atoms with Gasteiger partial charge in [-0.1, -0.05) is 44.2 Å². The summed E-state index contributed by atoms with van der Waals surface area (Å²) in [4.78, 5) is 27.1. The maximum absolute atomic E-state index is 12.6. The van der Waals surface area contributed by atoms with Crippen LogP contribution in [0.15, 0.2) is 48.5 Å². The quantitative estimate of drug-likeness (QED) is 0.560. The van der Waals surface area contributed by atoms with E-state index in [1.54, 1.807) is 12.1 Å². The molecule has 1 aliphatic rings. The van der Waals surface area contributed by atoms with Gasteiger partial charge in [0.1, 0.15) is 0 Å². The predicted molar refractivity (Wildman–Crippen MR) is 111 cm³/mol. The minimum atomic E-state index is -0.378. The summed E-state index contributed by atoms with van der Waals surface area (Å²) >= 11 is 0. The number of carbonyl (C=O) groups is 1. The van der Waals surface area contributed by atoms with Crippen LogP contribution < -0.4 is 4.90 Å². The van der Waals surface area contributed by atoms with Crippen molar-refractivity contribution in [1.82, 2.24) is 4.90 Å². The molecule has 6 nitrogen and oxygen atoms in total. The number of anilines is 1. The first-order valence-corrected chi connectivity index (χ1v) is 9.80. The van der Waals surface area contributed by atoms with Gasteiger partial charge in [-0.2, -0.15) is 0 Å². The molecule has 0 aromatic heterocycles. The molecule has 1 amide bonds. The highest BCUT2D eigenvalue weighted by Crippen LogP contribution is 2.22. The highest BCUT2D eigenvalue weighted by molar-refractivity contribution is 5.76. The van der Waals surface area contributed by atoms with Crippen molar-refractivity contribution >= 4 is 17.3 Å². The van der Waals surface area contributed by atoms with Crippen molar-refractivity contribution in [3.05, 3.63) is 69.8 Å². The third-order valence-corrected chi connectivity index (χ3v) is 5.31. The number of hydrogen-bond acceptors (Lipinski definition) is 4. The number of rotatable bonds is 6. The van der Waals surface area contributed by atoms with Crippen molar-refractivity contribution < 1.29 is 9.72 Å². The molecule has 148 valence electrons. The number of nitro groups is 1. The zero-order valence-electron chi connectivity index (χ0n) is 16.5. The number of benzene rings is 2. The predicted octanol–water partition coefficient (Wildman–Crippen LogP) is 4.00. The fourth-order valence-corrected chi connectivity index (χ4v) is 3.50. The molecule has 1 saturated heterocycles. The van der Waals surface area contributed by atoms with E-state index in [9.17, 15) is 14.9 Å². The number of amides is 1. The summed E-state index contributed by atoms with van der Waals surface area (Å²) in [6.07, 6.45) is 1.26. The summed E-state index contributed by atoms with van der Waals surface area (Å²) in [6.45, 7) is 7.02. The maximum Gasteiger partial charge on any atom is 0.271 e. The third-order valence-electron chi connectivity index (χ3n) is 5.31. The van der Waals surface area contributed by atoms with Crippen LogP contribution in [0.5, 0.6) is 0 Å². The van der Waals surface area contributed by atoms with Crippen LogP contribution in [0, 0.1) is 10.1 Å². The van der Waals surface area contributed by atoms with E-state index in [0.717, 1.165) is 12.1 Å². The summed E-state index contributed by atoms with van der Waals surface area (Å²) in [7, 11) is 0. The minimum absolute atomic E-state index is 0.0968. The molecule has 1 aliphatic heterocycles. The number of hydrogen-bond donors (Lipinski definition) is 0. The zero-order valence-corrected chi connectivity index (χ0v) is 16.5. The van der Waals surface area contributed by atoms with Gasteiger partial charge in [0.2, 0.25) is 5.91 Å². The van der Waals surface area contributed by atoms with Crippen LogP contribution in [0.3, 0.4) is 0 Å². The SMILES string of the molecule is CC(C)c1ccc(CCC(=O)N2CCN(c3cccc([N+](=O)[O-])c3)CC2)cc1. The summed E-state index contributed by atoms with van der Waals surface area (Å²) in [5, 5.41) is 11.0. The second kappa shape index (κ2) is 8.87. The third kappa shape index (κ3) is 4.88. The average Bonchev–Trinajstić information content (AvgIpc) is 2.72. The molecule has 0 unspecified atom stereocenters. The van der Waals surface area contributed by atoms with Gasteiger partial charge in [-0.25, -0.2) is 0 Å². The zero-order chi connectivity index (χ0) is 20.1. The fraction of sp³-hybridized carbons (Fsp3) is 0.409. The fourth-order valence-electron chi connectivity index (χ4n) is 3.50. The van der Waals surface area contributed by atoms with Crippen molar-refractivity contribution in [2.45, 2.75) is 32.6 Å². The van der Waals surface area contributed by atoms with Gasteiger partial charge in [-0.3, -0.25) is 14.9 Å². The van der Waals surface area contributed by atoms with E-state index >= 15 is 0 Å². The number of nitrogens with zero attached hydrogens (tertiary/aromatic N) is 3.